The van der Waals surface area contributed by atoms with Gasteiger partial charge in [-0.15, -0.1) is 0 Å². The van der Waals surface area contributed by atoms with Gasteiger partial charge >= 0.3 is 5.97 Å². The van der Waals surface area contributed by atoms with Gasteiger partial charge in [0.1, 0.15) is 9.84 Å². The largest absolute Gasteiger partial charge is 0.478 e. The zero-order valence-corrected chi connectivity index (χ0v) is 12.3. The van der Waals surface area contributed by atoms with E-state index in [0.717, 1.165) is 30.6 Å². The molecule has 5 nitrogen and oxygen atoms in total. The summed E-state index contributed by atoms with van der Waals surface area (Å²) >= 11 is 0. The molecule has 0 saturated heterocycles. The summed E-state index contributed by atoms with van der Waals surface area (Å²) in [5, 5.41) is 9.00. The van der Waals surface area contributed by atoms with Gasteiger partial charge in [-0.3, -0.25) is 0 Å². The number of carboxylic acids is 1. The van der Waals surface area contributed by atoms with Gasteiger partial charge in [0, 0.05) is 25.0 Å². The van der Waals surface area contributed by atoms with E-state index in [2.05, 4.69) is 4.90 Å². The monoisotopic (exact) mass is 297 g/mol. The lowest BCUT2D eigenvalue weighted by atomic mass is 9.99. The van der Waals surface area contributed by atoms with Crippen molar-refractivity contribution in [1.29, 1.82) is 0 Å². The van der Waals surface area contributed by atoms with Crippen LogP contribution >= 0.6 is 0 Å². The predicted molar refractivity (Wildman–Crippen MR) is 78.3 cm³/mol. The molecule has 1 heterocycles. The number of aromatic carboxylic acids is 1. The highest BCUT2D eigenvalue weighted by Crippen LogP contribution is 2.28. The van der Waals surface area contributed by atoms with E-state index in [1.54, 1.807) is 12.1 Å². The van der Waals surface area contributed by atoms with Gasteiger partial charge in [0.25, 0.3) is 0 Å². The van der Waals surface area contributed by atoms with E-state index in [9.17, 15) is 13.2 Å². The van der Waals surface area contributed by atoms with Crippen LogP contribution in [0.3, 0.4) is 0 Å². The lowest BCUT2D eigenvalue weighted by molar-refractivity contribution is 0.0696. The number of sulfone groups is 1. The number of hydrogen-bond acceptors (Lipinski definition) is 4. The third kappa shape index (κ3) is 3.72. The van der Waals surface area contributed by atoms with Crippen molar-refractivity contribution < 1.29 is 18.3 Å². The van der Waals surface area contributed by atoms with E-state index >= 15 is 0 Å². The molecular weight excluding hydrogens is 278 g/mol. The van der Waals surface area contributed by atoms with Gasteiger partial charge in [0.15, 0.2) is 0 Å². The van der Waals surface area contributed by atoms with Crippen molar-refractivity contribution >= 4 is 21.5 Å². The summed E-state index contributed by atoms with van der Waals surface area (Å²) in [6.07, 6.45) is 3.68. The zero-order chi connectivity index (χ0) is 14.8. The minimum absolute atomic E-state index is 0.187. The van der Waals surface area contributed by atoms with Gasteiger partial charge < -0.3 is 10.0 Å². The maximum absolute atomic E-state index is 11.2. The Balaban J connectivity index is 2.10. The normalized spacial score (nSPS) is 14.9. The highest BCUT2D eigenvalue weighted by molar-refractivity contribution is 7.90. The Morgan fingerprint density at radius 1 is 1.40 bits per heavy atom. The summed E-state index contributed by atoms with van der Waals surface area (Å²) in [5.41, 5.74) is 2.38. The second-order valence-electron chi connectivity index (χ2n) is 5.22. The Bertz CT molecular complexity index is 610. The van der Waals surface area contributed by atoms with Crippen molar-refractivity contribution in [3.05, 3.63) is 29.3 Å². The van der Waals surface area contributed by atoms with Gasteiger partial charge in [-0.1, -0.05) is 0 Å². The Kier molecular flexibility index (Phi) is 4.32. The van der Waals surface area contributed by atoms with Gasteiger partial charge in [-0.25, -0.2) is 13.2 Å². The fourth-order valence-corrected chi connectivity index (χ4v) is 3.21. The van der Waals surface area contributed by atoms with E-state index in [1.165, 1.54) is 6.26 Å². The van der Waals surface area contributed by atoms with Crippen molar-refractivity contribution in [2.75, 3.05) is 30.0 Å². The summed E-state index contributed by atoms with van der Waals surface area (Å²) in [6, 6.07) is 5.16. The summed E-state index contributed by atoms with van der Waals surface area (Å²) in [6.45, 7) is 1.58. The van der Waals surface area contributed by atoms with Crippen LogP contribution in [0.5, 0.6) is 0 Å². The minimum atomic E-state index is -2.92. The van der Waals surface area contributed by atoms with Crippen molar-refractivity contribution in [3.8, 4) is 0 Å². The highest BCUT2D eigenvalue weighted by atomic mass is 32.2. The number of carboxylic acid groups (broad SMARTS) is 1. The van der Waals surface area contributed by atoms with Crippen molar-refractivity contribution in [2.45, 2.75) is 19.3 Å². The molecule has 0 bridgehead atoms. The molecule has 0 aliphatic carbocycles. The lowest BCUT2D eigenvalue weighted by Crippen LogP contribution is -2.31. The smallest absolute Gasteiger partial charge is 0.335 e. The summed E-state index contributed by atoms with van der Waals surface area (Å²) in [7, 11) is -2.92. The van der Waals surface area contributed by atoms with E-state index in [4.69, 9.17) is 5.11 Å². The first kappa shape index (κ1) is 14.8. The minimum Gasteiger partial charge on any atom is -0.478 e. The zero-order valence-electron chi connectivity index (χ0n) is 11.5. The molecule has 0 saturated carbocycles. The molecule has 110 valence electrons. The first-order valence-corrected chi connectivity index (χ1v) is 8.72. The molecule has 1 aromatic rings. The second-order valence-corrected chi connectivity index (χ2v) is 7.48. The van der Waals surface area contributed by atoms with Crippen LogP contribution in [0.2, 0.25) is 0 Å². The van der Waals surface area contributed by atoms with Crippen LogP contribution in [0.15, 0.2) is 18.2 Å². The fraction of sp³-hybridized carbons (Fsp3) is 0.500. The molecule has 0 spiro atoms. The Hall–Kier alpha value is -1.56. The quantitative estimate of drug-likeness (QED) is 0.893. The molecule has 0 atom stereocenters. The first-order valence-electron chi connectivity index (χ1n) is 6.66. The number of fused-ring (bicyclic) bond motifs is 1. The van der Waals surface area contributed by atoms with Crippen molar-refractivity contribution in [3.63, 3.8) is 0 Å². The number of nitrogens with zero attached hydrogens (tertiary/aromatic N) is 1. The average Bonchev–Trinajstić information content (AvgIpc) is 2.36. The fourth-order valence-electron chi connectivity index (χ4n) is 2.56. The molecule has 2 rings (SSSR count). The molecule has 20 heavy (non-hydrogen) atoms. The molecule has 6 heteroatoms. The van der Waals surface area contributed by atoms with Crippen LogP contribution in [0.25, 0.3) is 0 Å². The molecule has 0 fully saturated rings. The van der Waals surface area contributed by atoms with Gasteiger partial charge in [-0.05, 0) is 43.0 Å². The summed E-state index contributed by atoms with van der Waals surface area (Å²) in [5.74, 6) is -0.728. The maximum Gasteiger partial charge on any atom is 0.335 e. The summed E-state index contributed by atoms with van der Waals surface area (Å²) in [4.78, 5) is 13.1. The number of benzene rings is 1. The molecule has 1 aliphatic rings. The summed E-state index contributed by atoms with van der Waals surface area (Å²) < 4.78 is 22.3. The molecule has 0 unspecified atom stereocenters. The SMILES string of the molecule is CS(=O)(=O)CCCN1CCCc2cc(C(=O)O)ccc21. The van der Waals surface area contributed by atoms with Crippen molar-refractivity contribution in [2.24, 2.45) is 0 Å². The van der Waals surface area contributed by atoms with E-state index in [0.29, 0.717) is 18.5 Å². The van der Waals surface area contributed by atoms with E-state index in [-0.39, 0.29) is 5.75 Å². The van der Waals surface area contributed by atoms with Gasteiger partial charge in [0.2, 0.25) is 0 Å². The predicted octanol–water partition coefficient (Wildman–Crippen LogP) is 1.57. The number of anilines is 1. The third-order valence-corrected chi connectivity index (χ3v) is 4.51. The second kappa shape index (κ2) is 5.83. The number of carbonyl (C=O) groups is 1. The topological polar surface area (TPSA) is 74.7 Å². The average molecular weight is 297 g/mol. The molecule has 0 aromatic heterocycles. The van der Waals surface area contributed by atoms with Crippen LogP contribution in [0.1, 0.15) is 28.8 Å². The molecule has 0 amide bonds. The third-order valence-electron chi connectivity index (χ3n) is 3.48. The highest BCUT2D eigenvalue weighted by Gasteiger charge is 2.18. The Morgan fingerprint density at radius 2 is 2.15 bits per heavy atom. The standard InChI is InChI=1S/C14H19NO4S/c1-20(18,19)9-3-8-15-7-2-4-11-10-12(14(16)17)5-6-13(11)15/h5-6,10H,2-4,7-9H2,1H3,(H,16,17). The van der Waals surface area contributed by atoms with Crippen LogP contribution in [0, 0.1) is 0 Å². The van der Waals surface area contributed by atoms with Crippen molar-refractivity contribution in [1.82, 2.24) is 0 Å². The van der Waals surface area contributed by atoms with Gasteiger partial charge in [0.05, 0.1) is 11.3 Å². The van der Waals surface area contributed by atoms with Crippen LogP contribution < -0.4 is 4.90 Å². The van der Waals surface area contributed by atoms with E-state index in [1.807, 2.05) is 6.07 Å². The molecule has 0 radical (unpaired) electrons. The molecule has 1 N–H and O–H groups in total. The van der Waals surface area contributed by atoms with Crippen LogP contribution in [0.4, 0.5) is 5.69 Å². The Morgan fingerprint density at radius 3 is 2.80 bits per heavy atom. The van der Waals surface area contributed by atoms with Crippen LogP contribution in [-0.2, 0) is 16.3 Å². The Labute approximate surface area is 119 Å². The number of aryl methyl sites for hydroxylation is 1. The van der Waals surface area contributed by atoms with E-state index < -0.39 is 15.8 Å². The van der Waals surface area contributed by atoms with Gasteiger partial charge in [-0.2, -0.15) is 0 Å². The number of rotatable bonds is 5. The molecule has 1 aromatic carbocycles. The first-order chi connectivity index (χ1) is 9.37. The maximum atomic E-state index is 11.2. The van der Waals surface area contributed by atoms with Crippen LogP contribution in [-0.4, -0.2) is 44.6 Å². The number of hydrogen-bond donors (Lipinski definition) is 1. The molecule has 1 aliphatic heterocycles. The molecular formula is C14H19NO4S. The lowest BCUT2D eigenvalue weighted by Gasteiger charge is -2.31.